The second-order valence-corrected chi connectivity index (χ2v) is 11.6. The summed E-state index contributed by atoms with van der Waals surface area (Å²) in [6.45, 7) is 3.63. The Kier molecular flexibility index (Phi) is 22.6. The third-order valence-electron chi connectivity index (χ3n) is 7.86. The van der Waals surface area contributed by atoms with E-state index in [0.29, 0.717) is 6.42 Å². The van der Waals surface area contributed by atoms with Crippen LogP contribution < -0.4 is 5.32 Å². The monoisotopic (exact) mass is 587 g/mol. The summed E-state index contributed by atoms with van der Waals surface area (Å²) in [6, 6.07) is -0.793. The van der Waals surface area contributed by atoms with Gasteiger partial charge in [-0.15, -0.1) is 0 Å². The van der Waals surface area contributed by atoms with Crippen LogP contribution in [0, 0.1) is 0 Å². The third kappa shape index (κ3) is 17.0. The first-order valence-electron chi connectivity index (χ1n) is 16.4. The van der Waals surface area contributed by atoms with Crippen molar-refractivity contribution in [2.75, 3.05) is 13.2 Å². The minimum Gasteiger partial charge on any atom is -0.394 e. The van der Waals surface area contributed by atoms with E-state index in [4.69, 9.17) is 9.47 Å². The molecule has 0 radical (unpaired) electrons. The SMILES string of the molecule is CCCCCCCCCCCCC/C=C/C(O)C(COC1OC(CO)C(O)C(O)C1O)NC(=O)CCCCCCC. The van der Waals surface area contributed by atoms with Crippen molar-refractivity contribution >= 4 is 5.91 Å². The molecule has 41 heavy (non-hydrogen) atoms. The van der Waals surface area contributed by atoms with E-state index in [2.05, 4.69) is 19.2 Å². The second-order valence-electron chi connectivity index (χ2n) is 11.6. The Morgan fingerprint density at radius 1 is 0.805 bits per heavy atom. The zero-order valence-electron chi connectivity index (χ0n) is 25.8. The van der Waals surface area contributed by atoms with Crippen LogP contribution in [0.3, 0.4) is 0 Å². The molecule has 9 heteroatoms. The van der Waals surface area contributed by atoms with E-state index in [9.17, 15) is 30.3 Å². The van der Waals surface area contributed by atoms with Crippen molar-refractivity contribution < 1.29 is 39.8 Å². The number of aliphatic hydroxyl groups is 5. The molecule has 0 aromatic heterocycles. The molecule has 7 unspecified atom stereocenters. The first-order chi connectivity index (χ1) is 19.8. The van der Waals surface area contributed by atoms with Gasteiger partial charge in [-0.25, -0.2) is 0 Å². The number of hydrogen-bond acceptors (Lipinski definition) is 8. The molecule has 0 aliphatic carbocycles. The van der Waals surface area contributed by atoms with Gasteiger partial charge in [-0.3, -0.25) is 4.79 Å². The maximum atomic E-state index is 12.6. The maximum absolute atomic E-state index is 12.6. The fourth-order valence-corrected chi connectivity index (χ4v) is 5.09. The number of amides is 1. The van der Waals surface area contributed by atoms with Gasteiger partial charge in [0.25, 0.3) is 0 Å². The molecule has 1 fully saturated rings. The number of rotatable bonds is 25. The second kappa shape index (κ2) is 24.4. The number of ether oxygens (including phenoxy) is 2. The lowest BCUT2D eigenvalue weighted by atomic mass is 9.99. The largest absolute Gasteiger partial charge is 0.394 e. The first-order valence-corrected chi connectivity index (χ1v) is 16.4. The van der Waals surface area contributed by atoms with Gasteiger partial charge >= 0.3 is 0 Å². The molecule has 0 aromatic rings. The molecular weight excluding hydrogens is 526 g/mol. The molecule has 0 bridgehead atoms. The zero-order valence-corrected chi connectivity index (χ0v) is 25.8. The fraction of sp³-hybridized carbons (Fsp3) is 0.906. The van der Waals surface area contributed by atoms with Crippen molar-refractivity contribution in [1.82, 2.24) is 5.32 Å². The summed E-state index contributed by atoms with van der Waals surface area (Å²) in [4.78, 5) is 12.6. The van der Waals surface area contributed by atoms with Crippen LogP contribution in [0.4, 0.5) is 0 Å². The van der Waals surface area contributed by atoms with Crippen LogP contribution in [0.25, 0.3) is 0 Å². The minimum absolute atomic E-state index is 0.186. The lowest BCUT2D eigenvalue weighted by Crippen LogP contribution is -2.60. The molecule has 1 aliphatic rings. The standard InChI is InChI=1S/C32H61NO8/c1-3-5-7-9-10-11-12-13-14-15-16-18-19-21-26(35)25(33-28(36)22-20-17-8-6-4-2)24-40-32-31(39)30(38)29(37)27(23-34)41-32/h19,21,25-27,29-32,34-35,37-39H,3-18,20,22-24H2,1-2H3,(H,33,36)/b21-19+. The first kappa shape index (κ1) is 38.0. The number of carbonyl (C=O) groups is 1. The number of allylic oxidation sites excluding steroid dienone is 1. The quantitative estimate of drug-likeness (QED) is 0.0685. The molecule has 6 N–H and O–H groups in total. The van der Waals surface area contributed by atoms with Crippen LogP contribution in [0.5, 0.6) is 0 Å². The Hall–Kier alpha value is -1.07. The third-order valence-corrected chi connectivity index (χ3v) is 7.86. The molecule has 1 saturated heterocycles. The van der Waals surface area contributed by atoms with E-state index < -0.39 is 49.5 Å². The predicted molar refractivity (Wildman–Crippen MR) is 161 cm³/mol. The van der Waals surface area contributed by atoms with Crippen molar-refractivity contribution in [3.63, 3.8) is 0 Å². The summed E-state index contributed by atoms with van der Waals surface area (Å²) in [5.74, 6) is -0.193. The Balaban J connectivity index is 2.50. The van der Waals surface area contributed by atoms with Gasteiger partial charge in [0.05, 0.1) is 25.4 Å². The molecule has 1 amide bonds. The average Bonchev–Trinajstić information content (AvgIpc) is 2.97. The van der Waals surface area contributed by atoms with E-state index in [-0.39, 0.29) is 12.5 Å². The summed E-state index contributed by atoms with van der Waals surface area (Å²) >= 11 is 0. The molecule has 0 aromatic carbocycles. The minimum atomic E-state index is -1.56. The summed E-state index contributed by atoms with van der Waals surface area (Å²) in [5, 5.41) is 53.4. The van der Waals surface area contributed by atoms with Crippen LogP contribution in [0.1, 0.15) is 129 Å². The van der Waals surface area contributed by atoms with Gasteiger partial charge < -0.3 is 40.3 Å². The molecule has 1 heterocycles. The summed E-state index contributed by atoms with van der Waals surface area (Å²) in [6.07, 6.45) is 15.8. The molecule has 1 rings (SSSR count). The summed E-state index contributed by atoms with van der Waals surface area (Å²) < 4.78 is 11.0. The van der Waals surface area contributed by atoms with E-state index in [0.717, 1.165) is 51.4 Å². The Morgan fingerprint density at radius 2 is 1.34 bits per heavy atom. The molecule has 242 valence electrons. The molecule has 0 saturated carbocycles. The van der Waals surface area contributed by atoms with Crippen molar-refractivity contribution in [1.29, 1.82) is 0 Å². The fourth-order valence-electron chi connectivity index (χ4n) is 5.09. The van der Waals surface area contributed by atoms with Crippen LogP contribution in [-0.4, -0.2) is 87.5 Å². The van der Waals surface area contributed by atoms with Crippen molar-refractivity contribution in [3.8, 4) is 0 Å². The topological polar surface area (TPSA) is 149 Å². The Labute approximate surface area is 248 Å². The summed E-state index contributed by atoms with van der Waals surface area (Å²) in [7, 11) is 0. The normalized spacial score (nSPS) is 24.5. The van der Waals surface area contributed by atoms with Gasteiger partial charge in [0.1, 0.15) is 24.4 Å². The predicted octanol–water partition coefficient (Wildman–Crippen LogP) is 4.27. The average molecular weight is 588 g/mol. The van der Waals surface area contributed by atoms with E-state index in [1.165, 1.54) is 57.8 Å². The van der Waals surface area contributed by atoms with Crippen LogP contribution in [0.2, 0.25) is 0 Å². The van der Waals surface area contributed by atoms with Gasteiger partial charge in [-0.2, -0.15) is 0 Å². The van der Waals surface area contributed by atoms with E-state index in [1.807, 2.05) is 6.08 Å². The molecule has 9 nitrogen and oxygen atoms in total. The number of nitrogens with one attached hydrogen (secondary N) is 1. The number of aliphatic hydroxyl groups excluding tert-OH is 5. The van der Waals surface area contributed by atoms with Gasteiger partial charge in [0, 0.05) is 6.42 Å². The van der Waals surface area contributed by atoms with Gasteiger partial charge in [-0.05, 0) is 19.3 Å². The molecule has 0 spiro atoms. The summed E-state index contributed by atoms with van der Waals surface area (Å²) in [5.41, 5.74) is 0. The molecular formula is C32H61NO8. The van der Waals surface area contributed by atoms with Crippen molar-refractivity contribution in [3.05, 3.63) is 12.2 Å². The van der Waals surface area contributed by atoms with E-state index >= 15 is 0 Å². The highest BCUT2D eigenvalue weighted by Gasteiger charge is 2.44. The Morgan fingerprint density at radius 3 is 1.90 bits per heavy atom. The Bertz CT molecular complexity index is 662. The van der Waals surface area contributed by atoms with Crippen molar-refractivity contribution in [2.24, 2.45) is 0 Å². The van der Waals surface area contributed by atoms with Gasteiger partial charge in [-0.1, -0.05) is 116 Å². The maximum Gasteiger partial charge on any atom is 0.220 e. The van der Waals surface area contributed by atoms with Crippen LogP contribution >= 0.6 is 0 Å². The highest BCUT2D eigenvalue weighted by molar-refractivity contribution is 5.76. The highest BCUT2D eigenvalue weighted by atomic mass is 16.7. The highest BCUT2D eigenvalue weighted by Crippen LogP contribution is 2.22. The molecule has 7 atom stereocenters. The van der Waals surface area contributed by atoms with Gasteiger partial charge in [0.15, 0.2) is 6.29 Å². The lowest BCUT2D eigenvalue weighted by Gasteiger charge is -2.40. The number of carbonyl (C=O) groups excluding carboxylic acids is 1. The van der Waals surface area contributed by atoms with E-state index in [1.54, 1.807) is 6.08 Å². The van der Waals surface area contributed by atoms with Gasteiger partial charge in [0.2, 0.25) is 5.91 Å². The zero-order chi connectivity index (χ0) is 30.3. The number of unbranched alkanes of at least 4 members (excludes halogenated alkanes) is 15. The van der Waals surface area contributed by atoms with Crippen molar-refractivity contribution in [2.45, 2.75) is 172 Å². The number of hydrogen-bond donors (Lipinski definition) is 6. The smallest absolute Gasteiger partial charge is 0.220 e. The molecule has 1 aliphatic heterocycles. The van der Waals surface area contributed by atoms with Crippen LogP contribution in [-0.2, 0) is 14.3 Å². The van der Waals surface area contributed by atoms with Crippen LogP contribution in [0.15, 0.2) is 12.2 Å². The lowest BCUT2D eigenvalue weighted by molar-refractivity contribution is -0.302.